The van der Waals surface area contributed by atoms with Gasteiger partial charge in [-0.15, -0.1) is 0 Å². The van der Waals surface area contributed by atoms with Crippen molar-refractivity contribution in [1.29, 1.82) is 0 Å². The number of methoxy groups -OCH3 is 1. The van der Waals surface area contributed by atoms with E-state index in [1.165, 1.54) is 39.2 Å². The number of hydrogen-bond donors (Lipinski definition) is 3. The van der Waals surface area contributed by atoms with Crippen molar-refractivity contribution in [2.75, 3.05) is 26.8 Å². The van der Waals surface area contributed by atoms with Crippen LogP contribution < -0.4 is 15.4 Å². The molecule has 0 amide bonds. The second-order valence-electron chi connectivity index (χ2n) is 6.71. The number of hydrogen-bond acceptors (Lipinski definition) is 4. The summed E-state index contributed by atoms with van der Waals surface area (Å²) in [5.74, 6) is 0.788. The van der Waals surface area contributed by atoms with Crippen LogP contribution in [-0.2, 0) is 21.3 Å². The van der Waals surface area contributed by atoms with Crippen LogP contribution in [0.1, 0.15) is 44.6 Å². The van der Waals surface area contributed by atoms with E-state index >= 15 is 0 Å². The summed E-state index contributed by atoms with van der Waals surface area (Å²) in [7, 11) is -2.00. The summed E-state index contributed by atoms with van der Waals surface area (Å²) in [5.41, 5.74) is 0.852. The largest absolute Gasteiger partial charge is 0.383 e. The van der Waals surface area contributed by atoms with Crippen LogP contribution in [0.4, 0.5) is 0 Å². The summed E-state index contributed by atoms with van der Waals surface area (Å²) in [6, 6.07) is 7.36. The molecule has 0 unspecified atom stereocenters. The van der Waals surface area contributed by atoms with Crippen LogP contribution >= 0.6 is 0 Å². The summed E-state index contributed by atoms with van der Waals surface area (Å²) >= 11 is 0. The Morgan fingerprint density at radius 3 is 2.74 bits per heavy atom. The quantitative estimate of drug-likeness (QED) is 0.337. The summed E-state index contributed by atoms with van der Waals surface area (Å²) < 4.78 is 32.1. The molecule has 152 valence electrons. The van der Waals surface area contributed by atoms with Gasteiger partial charge in [0.05, 0.1) is 18.0 Å². The van der Waals surface area contributed by atoms with E-state index in [9.17, 15) is 8.42 Å². The molecule has 1 saturated carbocycles. The van der Waals surface area contributed by atoms with E-state index in [1.807, 2.05) is 13.0 Å². The Bertz CT molecular complexity index is 701. The summed E-state index contributed by atoms with van der Waals surface area (Å²) in [4.78, 5) is 4.88. The van der Waals surface area contributed by atoms with E-state index in [0.29, 0.717) is 19.2 Å². The van der Waals surface area contributed by atoms with Gasteiger partial charge >= 0.3 is 0 Å². The van der Waals surface area contributed by atoms with Crippen molar-refractivity contribution in [3.05, 3.63) is 29.8 Å². The number of nitrogens with one attached hydrogen (secondary N) is 3. The van der Waals surface area contributed by atoms with Crippen molar-refractivity contribution < 1.29 is 13.2 Å². The van der Waals surface area contributed by atoms with E-state index in [-0.39, 0.29) is 11.4 Å². The number of rotatable bonds is 9. The topological polar surface area (TPSA) is 91.8 Å². The van der Waals surface area contributed by atoms with E-state index in [0.717, 1.165) is 18.1 Å². The fourth-order valence-corrected chi connectivity index (χ4v) is 4.19. The van der Waals surface area contributed by atoms with E-state index < -0.39 is 10.0 Å². The predicted octanol–water partition coefficient (Wildman–Crippen LogP) is 2.00. The molecule has 0 atom stereocenters. The van der Waals surface area contributed by atoms with Gasteiger partial charge in [-0.25, -0.2) is 18.1 Å². The minimum absolute atomic E-state index is 0.247. The lowest BCUT2D eigenvalue weighted by Crippen LogP contribution is -2.44. The van der Waals surface area contributed by atoms with E-state index in [2.05, 4.69) is 20.3 Å². The molecule has 1 aromatic carbocycles. The van der Waals surface area contributed by atoms with Crippen LogP contribution in [0.5, 0.6) is 0 Å². The first-order valence-electron chi connectivity index (χ1n) is 9.67. The molecular weight excluding hydrogens is 364 g/mol. The highest BCUT2D eigenvalue weighted by Crippen LogP contribution is 2.17. The van der Waals surface area contributed by atoms with E-state index in [4.69, 9.17) is 4.74 Å². The van der Waals surface area contributed by atoms with Crippen molar-refractivity contribution in [2.24, 2.45) is 4.99 Å². The molecule has 1 aromatic rings. The first-order chi connectivity index (χ1) is 13.0. The molecule has 1 aliphatic rings. The van der Waals surface area contributed by atoms with Crippen molar-refractivity contribution in [2.45, 2.75) is 56.5 Å². The van der Waals surface area contributed by atoms with Crippen LogP contribution in [0.25, 0.3) is 0 Å². The maximum Gasteiger partial charge on any atom is 0.240 e. The number of sulfonamides is 1. The normalized spacial score (nSPS) is 16.3. The van der Waals surface area contributed by atoms with Crippen LogP contribution in [0.2, 0.25) is 0 Å². The molecule has 0 bridgehead atoms. The van der Waals surface area contributed by atoms with Gasteiger partial charge in [-0.1, -0.05) is 31.4 Å². The average molecular weight is 397 g/mol. The zero-order chi connectivity index (χ0) is 19.5. The third-order valence-electron chi connectivity index (χ3n) is 4.52. The van der Waals surface area contributed by atoms with Crippen molar-refractivity contribution in [1.82, 2.24) is 15.4 Å². The van der Waals surface area contributed by atoms with Gasteiger partial charge in [0.25, 0.3) is 0 Å². The molecule has 0 aromatic heterocycles. The van der Waals surface area contributed by atoms with Crippen LogP contribution in [0, 0.1) is 0 Å². The fourth-order valence-electron chi connectivity index (χ4n) is 3.10. The molecule has 2 rings (SSSR count). The minimum atomic E-state index is -3.54. The smallest absolute Gasteiger partial charge is 0.240 e. The van der Waals surface area contributed by atoms with Crippen molar-refractivity contribution >= 4 is 16.0 Å². The summed E-state index contributed by atoms with van der Waals surface area (Å²) in [6.45, 7) is 3.83. The molecule has 0 aliphatic heterocycles. The van der Waals surface area contributed by atoms with Gasteiger partial charge in [0.2, 0.25) is 10.0 Å². The lowest BCUT2D eigenvalue weighted by Gasteiger charge is -2.24. The van der Waals surface area contributed by atoms with Gasteiger partial charge in [0, 0.05) is 26.2 Å². The molecule has 8 heteroatoms. The molecule has 0 saturated heterocycles. The predicted molar refractivity (Wildman–Crippen MR) is 108 cm³/mol. The highest BCUT2D eigenvalue weighted by atomic mass is 32.2. The number of guanidine groups is 1. The zero-order valence-electron chi connectivity index (χ0n) is 16.3. The first-order valence-corrected chi connectivity index (χ1v) is 11.2. The molecule has 1 aliphatic carbocycles. The van der Waals surface area contributed by atoms with Gasteiger partial charge in [0.15, 0.2) is 5.96 Å². The van der Waals surface area contributed by atoms with Gasteiger partial charge in [0.1, 0.15) is 0 Å². The number of aliphatic imine (C=N–C) groups is 1. The van der Waals surface area contributed by atoms with Gasteiger partial charge in [-0.3, -0.25) is 0 Å². The fraction of sp³-hybridized carbons (Fsp3) is 0.632. The van der Waals surface area contributed by atoms with Crippen LogP contribution in [0.15, 0.2) is 34.2 Å². The summed E-state index contributed by atoms with van der Waals surface area (Å²) in [5, 5.41) is 6.77. The zero-order valence-corrected chi connectivity index (χ0v) is 17.1. The molecule has 1 fully saturated rings. The Hall–Kier alpha value is -1.64. The molecule has 7 nitrogen and oxygen atoms in total. The Morgan fingerprint density at radius 1 is 1.26 bits per heavy atom. The second-order valence-corrected chi connectivity index (χ2v) is 8.48. The van der Waals surface area contributed by atoms with Crippen molar-refractivity contribution in [3.8, 4) is 0 Å². The summed E-state index contributed by atoms with van der Waals surface area (Å²) in [6.07, 6.45) is 6.17. The molecular formula is C19H32N4O3S. The molecule has 0 radical (unpaired) electrons. The van der Waals surface area contributed by atoms with Gasteiger partial charge < -0.3 is 15.4 Å². The highest BCUT2D eigenvalue weighted by Gasteiger charge is 2.15. The monoisotopic (exact) mass is 396 g/mol. The number of ether oxygens (including phenoxy) is 1. The standard InChI is InChI=1S/C19H32N4O3S/c1-3-20-19(23-17-9-5-4-6-10-17)21-15-16-8-7-11-18(14-16)27(24,25)22-12-13-26-2/h7-8,11,14,17,22H,3-6,9-10,12-13,15H2,1-2H3,(H2,20,21,23). The molecule has 0 heterocycles. The minimum Gasteiger partial charge on any atom is -0.383 e. The third-order valence-corrected chi connectivity index (χ3v) is 5.98. The third kappa shape index (κ3) is 7.48. The maximum absolute atomic E-state index is 12.3. The number of benzene rings is 1. The first kappa shape index (κ1) is 21.7. The Kier molecular flexibility index (Phi) is 9.03. The second kappa shape index (κ2) is 11.3. The molecule has 0 spiro atoms. The van der Waals surface area contributed by atoms with Crippen LogP contribution in [0.3, 0.4) is 0 Å². The van der Waals surface area contributed by atoms with E-state index in [1.54, 1.807) is 18.2 Å². The Morgan fingerprint density at radius 2 is 2.04 bits per heavy atom. The number of nitrogens with zero attached hydrogens (tertiary/aromatic N) is 1. The average Bonchev–Trinajstić information content (AvgIpc) is 2.67. The lowest BCUT2D eigenvalue weighted by atomic mass is 9.96. The Balaban J connectivity index is 2.02. The maximum atomic E-state index is 12.3. The Labute approximate surface area is 163 Å². The highest BCUT2D eigenvalue weighted by molar-refractivity contribution is 7.89. The van der Waals surface area contributed by atoms with Crippen molar-refractivity contribution in [3.63, 3.8) is 0 Å². The van der Waals surface area contributed by atoms with Crippen LogP contribution in [-0.4, -0.2) is 47.2 Å². The molecule has 27 heavy (non-hydrogen) atoms. The van der Waals surface area contributed by atoms with Gasteiger partial charge in [-0.2, -0.15) is 0 Å². The van der Waals surface area contributed by atoms with Gasteiger partial charge in [-0.05, 0) is 37.5 Å². The SMILES string of the molecule is CCNC(=NCc1cccc(S(=O)(=O)NCCOC)c1)NC1CCCCC1. The molecule has 3 N–H and O–H groups in total. The lowest BCUT2D eigenvalue weighted by molar-refractivity contribution is 0.204.